The second-order valence-electron chi connectivity index (χ2n) is 6.91. The first-order valence-corrected chi connectivity index (χ1v) is 10.7. The van der Waals surface area contributed by atoms with Crippen LogP contribution in [0.3, 0.4) is 0 Å². The van der Waals surface area contributed by atoms with Crippen LogP contribution >= 0.6 is 11.6 Å². The summed E-state index contributed by atoms with van der Waals surface area (Å²) in [6.07, 6.45) is 2.64. The molecule has 8 heteroatoms. The fourth-order valence-corrected chi connectivity index (χ4v) is 5.21. The first kappa shape index (κ1) is 18.4. The minimum atomic E-state index is -3.30. The van der Waals surface area contributed by atoms with Gasteiger partial charge in [0.15, 0.2) is 0 Å². The topological polar surface area (TPSA) is 75.3 Å². The fraction of sp³-hybridized carbons (Fsp3) is 0.316. The van der Waals surface area contributed by atoms with Crippen molar-refractivity contribution in [2.45, 2.75) is 37.0 Å². The Morgan fingerprint density at radius 3 is 2.63 bits per heavy atom. The first-order chi connectivity index (χ1) is 12.8. The van der Waals surface area contributed by atoms with Gasteiger partial charge >= 0.3 is 0 Å². The van der Waals surface area contributed by atoms with Crippen LogP contribution in [0.2, 0.25) is 5.02 Å². The van der Waals surface area contributed by atoms with Crippen LogP contribution in [0.1, 0.15) is 46.8 Å². The van der Waals surface area contributed by atoms with Crippen LogP contribution in [0.5, 0.6) is 0 Å². The molecule has 4 rings (SSSR count). The molecule has 2 aliphatic rings. The van der Waals surface area contributed by atoms with Crippen LogP contribution in [0.15, 0.2) is 36.4 Å². The molecular weight excluding hydrogens is 391 g/mol. The Kier molecular flexibility index (Phi) is 4.70. The fourth-order valence-electron chi connectivity index (χ4n) is 3.43. The Balaban J connectivity index is 1.56. The van der Waals surface area contributed by atoms with E-state index in [2.05, 4.69) is 10.0 Å². The highest BCUT2D eigenvalue weighted by Crippen LogP contribution is 2.36. The summed E-state index contributed by atoms with van der Waals surface area (Å²) in [7, 11) is -3.30. The molecular formula is C19H18ClFN2O3S. The van der Waals surface area contributed by atoms with E-state index in [4.69, 9.17) is 11.6 Å². The monoisotopic (exact) mass is 408 g/mol. The third kappa shape index (κ3) is 3.72. The minimum Gasteiger partial charge on any atom is -0.322 e. The summed E-state index contributed by atoms with van der Waals surface area (Å²) in [6.45, 7) is 0. The summed E-state index contributed by atoms with van der Waals surface area (Å²) < 4.78 is 40.6. The zero-order chi connectivity index (χ0) is 19.2. The lowest BCUT2D eigenvalue weighted by atomic mass is 10.0. The summed E-state index contributed by atoms with van der Waals surface area (Å²) in [5, 5.41) is 2.37. The molecule has 2 aromatic carbocycles. The average molecular weight is 409 g/mol. The third-order valence-corrected chi connectivity index (χ3v) is 7.21. The van der Waals surface area contributed by atoms with Crippen molar-refractivity contribution in [3.63, 3.8) is 0 Å². The van der Waals surface area contributed by atoms with Crippen LogP contribution in [0, 0.1) is 5.82 Å². The summed E-state index contributed by atoms with van der Waals surface area (Å²) in [5.74, 6) is -0.888. The number of amides is 1. The summed E-state index contributed by atoms with van der Waals surface area (Å²) >= 11 is 5.76. The van der Waals surface area contributed by atoms with E-state index in [0.29, 0.717) is 36.9 Å². The van der Waals surface area contributed by atoms with Crippen molar-refractivity contribution >= 4 is 33.2 Å². The van der Waals surface area contributed by atoms with Crippen LogP contribution < -0.4 is 10.0 Å². The number of rotatable bonds is 5. The Morgan fingerprint density at radius 2 is 1.93 bits per heavy atom. The van der Waals surface area contributed by atoms with E-state index in [1.807, 2.05) is 6.07 Å². The van der Waals surface area contributed by atoms with Crippen LogP contribution in [-0.2, 0) is 16.4 Å². The maximum Gasteiger partial charge on any atom is 0.255 e. The zero-order valence-corrected chi connectivity index (χ0v) is 15.9. The molecule has 142 valence electrons. The van der Waals surface area contributed by atoms with E-state index in [9.17, 15) is 17.6 Å². The predicted molar refractivity (Wildman–Crippen MR) is 102 cm³/mol. The number of benzene rings is 2. The van der Waals surface area contributed by atoms with Crippen molar-refractivity contribution in [2.75, 3.05) is 5.32 Å². The first-order valence-electron chi connectivity index (χ1n) is 8.74. The van der Waals surface area contributed by atoms with Gasteiger partial charge in [-0.25, -0.2) is 17.5 Å². The Morgan fingerprint density at radius 1 is 1.15 bits per heavy atom. The van der Waals surface area contributed by atoms with Gasteiger partial charge in [0, 0.05) is 17.3 Å². The largest absolute Gasteiger partial charge is 0.322 e. The minimum absolute atomic E-state index is 0.0689. The number of carbonyl (C=O) groups excluding carboxylic acids is 1. The van der Waals surface area contributed by atoms with Gasteiger partial charge in [-0.05, 0) is 61.1 Å². The maximum absolute atomic E-state index is 13.3. The Bertz CT molecular complexity index is 1020. The number of nitrogens with one attached hydrogen (secondary N) is 2. The molecule has 0 spiro atoms. The number of sulfonamides is 1. The number of carbonyl (C=O) groups is 1. The highest BCUT2D eigenvalue weighted by atomic mass is 35.5. The molecule has 1 saturated carbocycles. The molecule has 0 heterocycles. The second kappa shape index (κ2) is 6.89. The zero-order valence-electron chi connectivity index (χ0n) is 14.3. The highest BCUT2D eigenvalue weighted by Gasteiger charge is 2.38. The van der Waals surface area contributed by atoms with Gasteiger partial charge in [0.1, 0.15) is 5.82 Å². The van der Waals surface area contributed by atoms with Crippen molar-refractivity contribution in [3.8, 4) is 0 Å². The lowest BCUT2D eigenvalue weighted by Crippen LogP contribution is -2.30. The standard InChI is InChI=1S/C19H18ClFN2O3S/c20-16-10-11(4-8-17(16)21)22-19(24)15-3-1-2-14-13(15)7-9-18(14)23-27(25,26)12-5-6-12/h1-4,8,10,12,18,23H,5-7,9H2,(H,22,24). The van der Waals surface area contributed by atoms with E-state index in [1.165, 1.54) is 18.2 Å². The average Bonchev–Trinajstić information content (AvgIpc) is 3.42. The van der Waals surface area contributed by atoms with Crippen LogP contribution in [-0.4, -0.2) is 19.6 Å². The van der Waals surface area contributed by atoms with Crippen molar-refractivity contribution in [3.05, 3.63) is 63.9 Å². The van der Waals surface area contributed by atoms with Gasteiger partial charge in [-0.1, -0.05) is 23.7 Å². The highest BCUT2D eigenvalue weighted by molar-refractivity contribution is 7.90. The van der Waals surface area contributed by atoms with Gasteiger partial charge in [0.25, 0.3) is 5.91 Å². The van der Waals surface area contributed by atoms with Gasteiger partial charge in [0.05, 0.1) is 10.3 Å². The van der Waals surface area contributed by atoms with Crippen LogP contribution in [0.25, 0.3) is 0 Å². The number of anilines is 1. The van der Waals surface area contributed by atoms with Gasteiger partial charge in [-0.15, -0.1) is 0 Å². The molecule has 1 fully saturated rings. The number of hydrogen-bond donors (Lipinski definition) is 2. The summed E-state index contributed by atoms with van der Waals surface area (Å²) in [4.78, 5) is 12.7. The summed E-state index contributed by atoms with van der Waals surface area (Å²) in [5.41, 5.74) is 2.56. The van der Waals surface area contributed by atoms with Gasteiger partial charge < -0.3 is 5.32 Å². The van der Waals surface area contributed by atoms with Gasteiger partial charge in [0.2, 0.25) is 10.0 Å². The van der Waals surface area contributed by atoms with Gasteiger partial charge in [-0.2, -0.15) is 0 Å². The van der Waals surface area contributed by atoms with E-state index < -0.39 is 15.8 Å². The van der Waals surface area contributed by atoms with Gasteiger partial charge in [-0.3, -0.25) is 4.79 Å². The van der Waals surface area contributed by atoms with E-state index in [-0.39, 0.29) is 22.2 Å². The quantitative estimate of drug-likeness (QED) is 0.790. The maximum atomic E-state index is 13.3. The molecule has 0 aromatic heterocycles. The molecule has 2 N–H and O–H groups in total. The van der Waals surface area contributed by atoms with Crippen molar-refractivity contribution in [1.82, 2.24) is 4.72 Å². The number of hydrogen-bond acceptors (Lipinski definition) is 3. The van der Waals surface area contributed by atoms with Crippen molar-refractivity contribution in [1.29, 1.82) is 0 Å². The number of halogens is 2. The second-order valence-corrected chi connectivity index (χ2v) is 9.31. The Labute approximate surface area is 162 Å². The third-order valence-electron chi connectivity index (χ3n) is 4.96. The van der Waals surface area contributed by atoms with Crippen LogP contribution in [0.4, 0.5) is 10.1 Å². The molecule has 1 unspecified atom stereocenters. The molecule has 2 aromatic rings. The smallest absolute Gasteiger partial charge is 0.255 e. The molecule has 1 amide bonds. The molecule has 5 nitrogen and oxygen atoms in total. The molecule has 0 bridgehead atoms. The van der Waals surface area contributed by atoms with E-state index in [0.717, 1.165) is 11.1 Å². The normalized spacial score (nSPS) is 19.0. The van der Waals surface area contributed by atoms with E-state index in [1.54, 1.807) is 12.1 Å². The molecule has 27 heavy (non-hydrogen) atoms. The molecule has 0 saturated heterocycles. The lowest BCUT2D eigenvalue weighted by Gasteiger charge is -2.15. The summed E-state index contributed by atoms with van der Waals surface area (Å²) in [6, 6.07) is 8.98. The predicted octanol–water partition coefficient (Wildman–Crippen LogP) is 3.80. The molecule has 2 aliphatic carbocycles. The van der Waals surface area contributed by atoms with Crippen molar-refractivity contribution in [2.24, 2.45) is 0 Å². The van der Waals surface area contributed by atoms with Crippen molar-refractivity contribution < 1.29 is 17.6 Å². The molecule has 0 radical (unpaired) electrons. The SMILES string of the molecule is O=C(Nc1ccc(F)c(Cl)c1)c1cccc2c1CCC2NS(=O)(=O)C1CC1. The molecule has 1 atom stereocenters. The molecule has 0 aliphatic heterocycles. The Hall–Kier alpha value is -1.96. The number of fused-ring (bicyclic) bond motifs is 1. The lowest BCUT2D eigenvalue weighted by molar-refractivity contribution is 0.102. The van der Waals surface area contributed by atoms with E-state index >= 15 is 0 Å².